The molecule has 2 rings (SSSR count). The fraction of sp³-hybridized carbons (Fsp3) is 0.143. The van der Waals surface area contributed by atoms with E-state index in [1.165, 1.54) is 5.48 Å². The summed E-state index contributed by atoms with van der Waals surface area (Å²) in [5, 5.41) is 11.0. The van der Waals surface area contributed by atoms with E-state index in [0.717, 1.165) is 5.56 Å². The lowest BCUT2D eigenvalue weighted by atomic mass is 10.1. The van der Waals surface area contributed by atoms with E-state index in [1.807, 2.05) is 0 Å². The molecule has 1 aromatic carbocycles. The highest BCUT2D eigenvalue weighted by Gasteiger charge is 2.19. The summed E-state index contributed by atoms with van der Waals surface area (Å²) in [7, 11) is 0. The third kappa shape index (κ3) is 3.62. The highest BCUT2D eigenvalue weighted by Crippen LogP contribution is 2.16. The van der Waals surface area contributed by atoms with Crippen LogP contribution in [0.25, 0.3) is 11.3 Å². The van der Waals surface area contributed by atoms with Crippen molar-refractivity contribution in [1.29, 1.82) is 0 Å². The van der Waals surface area contributed by atoms with Gasteiger partial charge in [-0.2, -0.15) is 0 Å². The van der Waals surface area contributed by atoms with Crippen molar-refractivity contribution < 1.29 is 14.8 Å². The molecule has 0 aliphatic heterocycles. The summed E-state index contributed by atoms with van der Waals surface area (Å²) in [6.07, 6.45) is 4.77. The second-order valence-corrected chi connectivity index (χ2v) is 4.41. The van der Waals surface area contributed by atoms with Gasteiger partial charge >= 0.3 is 0 Å². The van der Waals surface area contributed by atoms with E-state index in [1.54, 1.807) is 42.9 Å². The number of amides is 2. The Balaban J connectivity index is 2.10. The van der Waals surface area contributed by atoms with Crippen LogP contribution in [0.2, 0.25) is 0 Å². The second-order valence-electron chi connectivity index (χ2n) is 4.41. The van der Waals surface area contributed by atoms with Gasteiger partial charge in [-0.05, 0) is 12.1 Å². The Labute approximate surface area is 126 Å². The van der Waals surface area contributed by atoms with Crippen LogP contribution in [0.1, 0.15) is 10.4 Å². The summed E-state index contributed by atoms with van der Waals surface area (Å²) in [6, 6.07) is 5.65. The molecule has 1 atom stereocenters. The van der Waals surface area contributed by atoms with Crippen molar-refractivity contribution in [1.82, 2.24) is 20.8 Å². The predicted octanol–water partition coefficient (Wildman–Crippen LogP) is -0.294. The van der Waals surface area contributed by atoms with Gasteiger partial charge in [-0.1, -0.05) is 12.1 Å². The maximum absolute atomic E-state index is 12.0. The van der Waals surface area contributed by atoms with Crippen LogP contribution in [0.3, 0.4) is 0 Å². The summed E-state index contributed by atoms with van der Waals surface area (Å²) < 4.78 is 0. The second kappa shape index (κ2) is 7.25. The molecule has 0 bridgehead atoms. The molecule has 1 aromatic heterocycles. The van der Waals surface area contributed by atoms with Crippen molar-refractivity contribution in [2.45, 2.75) is 6.04 Å². The van der Waals surface area contributed by atoms with Gasteiger partial charge < -0.3 is 11.1 Å². The van der Waals surface area contributed by atoms with Gasteiger partial charge in [-0.3, -0.25) is 24.8 Å². The lowest BCUT2D eigenvalue weighted by molar-refractivity contribution is -0.130. The average molecular weight is 301 g/mol. The van der Waals surface area contributed by atoms with Crippen LogP contribution in [0.5, 0.6) is 0 Å². The SMILES string of the molecule is NC[C@H](NC(=O)c1ccc(-c2cnccn2)cc1)C(=O)NO. The quantitative estimate of drug-likeness (QED) is 0.443. The number of aromatic nitrogens is 2. The monoisotopic (exact) mass is 301 g/mol. The fourth-order valence-corrected chi connectivity index (χ4v) is 1.79. The van der Waals surface area contributed by atoms with Gasteiger partial charge in [0, 0.05) is 30.1 Å². The fourth-order valence-electron chi connectivity index (χ4n) is 1.79. The zero-order chi connectivity index (χ0) is 15.9. The number of carbonyl (C=O) groups excluding carboxylic acids is 2. The molecule has 114 valence electrons. The largest absolute Gasteiger partial charge is 0.339 e. The van der Waals surface area contributed by atoms with Gasteiger partial charge in [0.2, 0.25) is 0 Å². The van der Waals surface area contributed by atoms with Gasteiger partial charge in [-0.15, -0.1) is 0 Å². The Kier molecular flexibility index (Phi) is 5.12. The van der Waals surface area contributed by atoms with Gasteiger partial charge in [0.1, 0.15) is 6.04 Å². The first-order valence-corrected chi connectivity index (χ1v) is 6.47. The molecule has 0 aliphatic rings. The number of hydrogen-bond acceptors (Lipinski definition) is 6. The number of nitrogens with one attached hydrogen (secondary N) is 2. The number of nitrogens with zero attached hydrogens (tertiary/aromatic N) is 2. The first-order valence-electron chi connectivity index (χ1n) is 6.47. The van der Waals surface area contributed by atoms with E-state index < -0.39 is 17.9 Å². The van der Waals surface area contributed by atoms with Gasteiger partial charge in [0.05, 0.1) is 11.9 Å². The van der Waals surface area contributed by atoms with Crippen LogP contribution in [0.15, 0.2) is 42.9 Å². The molecule has 5 N–H and O–H groups in total. The minimum Gasteiger partial charge on any atom is -0.339 e. The van der Waals surface area contributed by atoms with Crippen LogP contribution in [0.4, 0.5) is 0 Å². The molecule has 0 spiro atoms. The molecular weight excluding hydrogens is 286 g/mol. The third-order valence-electron chi connectivity index (χ3n) is 2.97. The first-order chi connectivity index (χ1) is 10.7. The summed E-state index contributed by atoms with van der Waals surface area (Å²) >= 11 is 0. The highest BCUT2D eigenvalue weighted by atomic mass is 16.5. The molecule has 2 aromatic rings. The lowest BCUT2D eigenvalue weighted by Crippen LogP contribution is -2.50. The van der Waals surface area contributed by atoms with Crippen LogP contribution < -0.4 is 16.5 Å². The Bertz CT molecular complexity index is 645. The molecule has 2 amide bonds. The van der Waals surface area contributed by atoms with E-state index in [-0.39, 0.29) is 6.54 Å². The molecule has 1 heterocycles. The number of hydrogen-bond donors (Lipinski definition) is 4. The summed E-state index contributed by atoms with van der Waals surface area (Å²) in [5.41, 5.74) is 8.69. The minimum absolute atomic E-state index is 0.129. The van der Waals surface area contributed by atoms with E-state index in [2.05, 4.69) is 15.3 Å². The molecule has 8 heteroatoms. The Morgan fingerprint density at radius 3 is 2.50 bits per heavy atom. The lowest BCUT2D eigenvalue weighted by Gasteiger charge is -2.14. The average Bonchev–Trinajstić information content (AvgIpc) is 2.59. The van der Waals surface area contributed by atoms with Crippen molar-refractivity contribution >= 4 is 11.8 Å². The summed E-state index contributed by atoms with van der Waals surface area (Å²) in [6.45, 7) is -0.129. The molecule has 22 heavy (non-hydrogen) atoms. The van der Waals surface area contributed by atoms with Crippen LogP contribution in [-0.4, -0.2) is 39.6 Å². The molecule has 0 aliphatic carbocycles. The van der Waals surface area contributed by atoms with Crippen LogP contribution in [0, 0.1) is 0 Å². The maximum Gasteiger partial charge on any atom is 0.267 e. The molecule has 0 radical (unpaired) electrons. The standard InChI is InChI=1S/C14H15N5O3/c15-7-11(14(21)19-22)18-13(20)10-3-1-9(2-4-10)12-8-16-5-6-17-12/h1-6,8,11,22H,7,15H2,(H,18,20)(H,19,21)/t11-/m0/s1. The minimum atomic E-state index is -1.00. The Morgan fingerprint density at radius 1 is 1.23 bits per heavy atom. The first kappa shape index (κ1) is 15.5. The molecule has 0 unspecified atom stereocenters. The zero-order valence-electron chi connectivity index (χ0n) is 11.6. The van der Waals surface area contributed by atoms with Gasteiger partial charge in [-0.25, -0.2) is 5.48 Å². The zero-order valence-corrected chi connectivity index (χ0v) is 11.6. The molecule has 0 fully saturated rings. The van der Waals surface area contributed by atoms with Gasteiger partial charge in [0.15, 0.2) is 0 Å². The van der Waals surface area contributed by atoms with Crippen molar-refractivity contribution in [3.63, 3.8) is 0 Å². The van der Waals surface area contributed by atoms with Crippen molar-refractivity contribution in [3.8, 4) is 11.3 Å². The van der Waals surface area contributed by atoms with Crippen LogP contribution >= 0.6 is 0 Å². The Hall–Kier alpha value is -2.84. The van der Waals surface area contributed by atoms with Crippen molar-refractivity contribution in [2.24, 2.45) is 5.73 Å². The summed E-state index contributed by atoms with van der Waals surface area (Å²) in [5.74, 6) is -1.24. The molecule has 0 saturated heterocycles. The van der Waals surface area contributed by atoms with Crippen LogP contribution in [-0.2, 0) is 4.79 Å². The van der Waals surface area contributed by atoms with E-state index >= 15 is 0 Å². The molecular formula is C14H15N5O3. The van der Waals surface area contributed by atoms with E-state index in [4.69, 9.17) is 10.9 Å². The number of hydroxylamine groups is 1. The third-order valence-corrected chi connectivity index (χ3v) is 2.97. The predicted molar refractivity (Wildman–Crippen MR) is 77.7 cm³/mol. The van der Waals surface area contributed by atoms with Crippen molar-refractivity contribution in [2.75, 3.05) is 6.54 Å². The van der Waals surface area contributed by atoms with Crippen molar-refractivity contribution in [3.05, 3.63) is 48.4 Å². The highest BCUT2D eigenvalue weighted by molar-refractivity contribution is 5.97. The summed E-state index contributed by atoms with van der Waals surface area (Å²) in [4.78, 5) is 31.4. The number of carbonyl (C=O) groups is 2. The number of nitrogens with two attached hydrogens (primary N) is 1. The van der Waals surface area contributed by atoms with E-state index in [0.29, 0.717) is 11.3 Å². The number of rotatable bonds is 5. The molecule has 8 nitrogen and oxygen atoms in total. The normalized spacial score (nSPS) is 11.5. The smallest absolute Gasteiger partial charge is 0.267 e. The number of benzene rings is 1. The van der Waals surface area contributed by atoms with Gasteiger partial charge in [0.25, 0.3) is 11.8 Å². The van der Waals surface area contributed by atoms with E-state index in [9.17, 15) is 9.59 Å². The maximum atomic E-state index is 12.0. The molecule has 0 saturated carbocycles. The Morgan fingerprint density at radius 2 is 1.95 bits per heavy atom. The topological polar surface area (TPSA) is 130 Å².